The Hall–Kier alpha value is -0.870. The number of β-amino-alcohol motifs (C(OH)–C–C–N with tert-alkyl or cyclic N) is 1. The van der Waals surface area contributed by atoms with Crippen molar-refractivity contribution < 1.29 is 9.90 Å². The summed E-state index contributed by atoms with van der Waals surface area (Å²) in [6.45, 7) is 3.20. The van der Waals surface area contributed by atoms with Gasteiger partial charge in [0.1, 0.15) is 0 Å². The number of rotatable bonds is 2. The van der Waals surface area contributed by atoms with Crippen molar-refractivity contribution in [3.8, 4) is 0 Å². The van der Waals surface area contributed by atoms with Gasteiger partial charge in [0.25, 0.3) is 5.91 Å². The number of hydrogen-bond donors (Lipinski definition) is 1. The molecule has 2 unspecified atom stereocenters. The fraction of sp³-hybridized carbons (Fsp3) is 0.500. The quantitative estimate of drug-likeness (QED) is 0.852. The molecule has 0 spiro atoms. The van der Waals surface area contributed by atoms with Gasteiger partial charge in [-0.05, 0) is 30.0 Å². The maximum atomic E-state index is 12.3. The molecule has 4 heteroatoms. The van der Waals surface area contributed by atoms with Crippen LogP contribution in [0.3, 0.4) is 0 Å². The predicted octanol–water partition coefficient (Wildman–Crippen LogP) is 2.42. The Bertz CT molecular complexity index is 418. The molecule has 2 rings (SSSR count). The molecule has 1 aromatic carbocycles. The normalized spacial score (nSPS) is 24.1. The van der Waals surface area contributed by atoms with E-state index in [9.17, 15) is 9.90 Å². The lowest BCUT2D eigenvalue weighted by atomic mass is 9.95. The monoisotopic (exact) mass is 311 g/mol. The van der Waals surface area contributed by atoms with Gasteiger partial charge in [-0.15, -0.1) is 0 Å². The van der Waals surface area contributed by atoms with Gasteiger partial charge in [-0.25, -0.2) is 0 Å². The average molecular weight is 312 g/mol. The van der Waals surface area contributed by atoms with Crippen molar-refractivity contribution in [1.82, 2.24) is 4.90 Å². The van der Waals surface area contributed by atoms with Crippen molar-refractivity contribution in [3.05, 3.63) is 35.4 Å². The molecule has 0 aromatic heterocycles. The number of aliphatic hydroxyl groups is 1. The van der Waals surface area contributed by atoms with Crippen LogP contribution in [0.2, 0.25) is 0 Å². The Morgan fingerprint density at radius 1 is 1.44 bits per heavy atom. The topological polar surface area (TPSA) is 40.5 Å². The van der Waals surface area contributed by atoms with Gasteiger partial charge in [-0.3, -0.25) is 4.79 Å². The van der Waals surface area contributed by atoms with E-state index in [0.717, 1.165) is 23.9 Å². The molecule has 2 atom stereocenters. The Labute approximate surface area is 116 Å². The number of likely N-dealkylation sites (tertiary alicyclic amines) is 1. The summed E-state index contributed by atoms with van der Waals surface area (Å²) < 4.78 is 0. The van der Waals surface area contributed by atoms with Crippen LogP contribution in [0, 0.1) is 5.92 Å². The Morgan fingerprint density at radius 3 is 2.67 bits per heavy atom. The summed E-state index contributed by atoms with van der Waals surface area (Å²) in [6.07, 6.45) is 0.469. The molecule has 0 radical (unpaired) electrons. The Kier molecular flexibility index (Phi) is 4.40. The molecule has 1 heterocycles. The van der Waals surface area contributed by atoms with Crippen LogP contribution in [-0.2, 0) is 5.33 Å². The first kappa shape index (κ1) is 13.6. The second-order valence-corrected chi connectivity index (χ2v) is 5.48. The van der Waals surface area contributed by atoms with Crippen LogP contribution in [0.5, 0.6) is 0 Å². The van der Waals surface area contributed by atoms with E-state index >= 15 is 0 Å². The molecule has 1 aliphatic rings. The lowest BCUT2D eigenvalue weighted by molar-refractivity contribution is 0.0248. The maximum Gasteiger partial charge on any atom is 0.253 e. The van der Waals surface area contributed by atoms with Crippen molar-refractivity contribution in [2.24, 2.45) is 5.92 Å². The first-order valence-electron chi connectivity index (χ1n) is 6.24. The van der Waals surface area contributed by atoms with Gasteiger partial charge in [-0.1, -0.05) is 35.0 Å². The molecule has 1 amide bonds. The van der Waals surface area contributed by atoms with E-state index < -0.39 is 6.10 Å². The molecular weight excluding hydrogens is 294 g/mol. The molecule has 1 aromatic rings. The average Bonchev–Trinajstić information content (AvgIpc) is 2.41. The number of amides is 1. The highest BCUT2D eigenvalue weighted by Gasteiger charge is 2.27. The zero-order valence-corrected chi connectivity index (χ0v) is 12.1. The van der Waals surface area contributed by atoms with Gasteiger partial charge in [-0.2, -0.15) is 0 Å². The summed E-state index contributed by atoms with van der Waals surface area (Å²) in [4.78, 5) is 14.0. The summed E-state index contributed by atoms with van der Waals surface area (Å²) in [5, 5.41) is 10.6. The number of benzene rings is 1. The Morgan fingerprint density at radius 2 is 2.11 bits per heavy atom. The van der Waals surface area contributed by atoms with E-state index in [1.54, 1.807) is 4.90 Å². The number of aliphatic hydroxyl groups excluding tert-OH is 1. The van der Waals surface area contributed by atoms with Gasteiger partial charge < -0.3 is 10.0 Å². The highest BCUT2D eigenvalue weighted by atomic mass is 79.9. The molecule has 1 N–H and O–H groups in total. The largest absolute Gasteiger partial charge is 0.391 e. The van der Waals surface area contributed by atoms with Crippen LogP contribution in [0.15, 0.2) is 24.3 Å². The number of carbonyl (C=O) groups excluding carboxylic acids is 1. The van der Waals surface area contributed by atoms with Crippen molar-refractivity contribution in [3.63, 3.8) is 0 Å². The molecule has 0 saturated carbocycles. The molecule has 0 aliphatic carbocycles. The van der Waals surface area contributed by atoms with Gasteiger partial charge in [0.15, 0.2) is 0 Å². The first-order valence-corrected chi connectivity index (χ1v) is 7.36. The smallest absolute Gasteiger partial charge is 0.253 e. The number of carbonyl (C=O) groups is 1. The van der Waals surface area contributed by atoms with Crippen LogP contribution in [0.4, 0.5) is 0 Å². The summed E-state index contributed by atoms with van der Waals surface area (Å²) in [6, 6.07) is 7.60. The highest BCUT2D eigenvalue weighted by molar-refractivity contribution is 9.08. The molecule has 18 heavy (non-hydrogen) atoms. The minimum atomic E-state index is -0.399. The summed E-state index contributed by atoms with van der Waals surface area (Å²) in [5.74, 6) is 0.298. The zero-order valence-electron chi connectivity index (χ0n) is 10.5. The fourth-order valence-electron chi connectivity index (χ4n) is 2.15. The Balaban J connectivity index is 2.06. The SMILES string of the molecule is CC1CCN(C(=O)c2ccc(CBr)cc2)CC1O. The van der Waals surface area contributed by atoms with Crippen LogP contribution < -0.4 is 0 Å². The third-order valence-corrected chi connectivity index (χ3v) is 4.21. The van der Waals surface area contributed by atoms with Gasteiger partial charge in [0, 0.05) is 24.0 Å². The van der Waals surface area contributed by atoms with Crippen LogP contribution in [0.1, 0.15) is 29.3 Å². The van der Waals surface area contributed by atoms with E-state index in [4.69, 9.17) is 0 Å². The predicted molar refractivity (Wildman–Crippen MR) is 74.8 cm³/mol. The zero-order chi connectivity index (χ0) is 13.1. The van der Waals surface area contributed by atoms with E-state index in [2.05, 4.69) is 15.9 Å². The number of alkyl halides is 1. The van der Waals surface area contributed by atoms with Gasteiger partial charge in [0.05, 0.1) is 6.10 Å². The second-order valence-electron chi connectivity index (χ2n) is 4.92. The van der Waals surface area contributed by atoms with Crippen molar-refractivity contribution in [2.45, 2.75) is 24.8 Å². The third-order valence-electron chi connectivity index (χ3n) is 3.56. The van der Waals surface area contributed by atoms with Gasteiger partial charge in [0.2, 0.25) is 0 Å². The van der Waals surface area contributed by atoms with E-state index in [-0.39, 0.29) is 11.8 Å². The third kappa shape index (κ3) is 2.93. The van der Waals surface area contributed by atoms with Gasteiger partial charge >= 0.3 is 0 Å². The standard InChI is InChI=1S/C14H18BrNO2/c1-10-6-7-16(9-13(10)17)14(18)12-4-2-11(8-15)3-5-12/h2-5,10,13,17H,6-9H2,1H3. The number of nitrogens with zero attached hydrogens (tertiary/aromatic N) is 1. The molecule has 1 saturated heterocycles. The molecule has 0 bridgehead atoms. The molecule has 3 nitrogen and oxygen atoms in total. The lowest BCUT2D eigenvalue weighted by Crippen LogP contribution is -2.45. The highest BCUT2D eigenvalue weighted by Crippen LogP contribution is 2.19. The lowest BCUT2D eigenvalue weighted by Gasteiger charge is -2.34. The second kappa shape index (κ2) is 5.85. The summed E-state index contributed by atoms with van der Waals surface area (Å²) in [7, 11) is 0. The minimum absolute atomic E-state index is 0.0158. The number of piperidine rings is 1. The minimum Gasteiger partial charge on any atom is -0.391 e. The fourth-order valence-corrected chi connectivity index (χ4v) is 2.53. The first-order chi connectivity index (χ1) is 8.61. The van der Waals surface area contributed by atoms with Crippen molar-refractivity contribution >= 4 is 21.8 Å². The van der Waals surface area contributed by atoms with Crippen LogP contribution in [-0.4, -0.2) is 35.1 Å². The van der Waals surface area contributed by atoms with E-state index in [1.165, 1.54) is 0 Å². The van der Waals surface area contributed by atoms with Crippen molar-refractivity contribution in [1.29, 1.82) is 0 Å². The van der Waals surface area contributed by atoms with E-state index in [0.29, 0.717) is 12.1 Å². The summed E-state index contributed by atoms with van der Waals surface area (Å²) in [5.41, 5.74) is 1.85. The van der Waals surface area contributed by atoms with E-state index in [1.807, 2.05) is 31.2 Å². The van der Waals surface area contributed by atoms with Crippen LogP contribution in [0.25, 0.3) is 0 Å². The molecule has 98 valence electrons. The van der Waals surface area contributed by atoms with Crippen LogP contribution >= 0.6 is 15.9 Å². The maximum absolute atomic E-state index is 12.3. The number of hydrogen-bond acceptors (Lipinski definition) is 2. The number of halogens is 1. The summed E-state index contributed by atoms with van der Waals surface area (Å²) >= 11 is 3.38. The molecule has 1 fully saturated rings. The molecular formula is C14H18BrNO2. The van der Waals surface area contributed by atoms with Crippen molar-refractivity contribution in [2.75, 3.05) is 13.1 Å². The molecule has 1 aliphatic heterocycles.